The van der Waals surface area contributed by atoms with Crippen LogP contribution in [0, 0.1) is 41.7 Å². The molecule has 0 aliphatic heterocycles. The van der Waals surface area contributed by atoms with Crippen molar-refractivity contribution >= 4 is 0 Å². The fraction of sp³-hybridized carbons (Fsp3) is 0.500. The molecule has 2 nitrogen and oxygen atoms in total. The molecule has 24 heavy (non-hydrogen) atoms. The first-order chi connectivity index (χ1) is 10.1. The third-order valence-electron chi connectivity index (χ3n) is 2.82. The van der Waals surface area contributed by atoms with E-state index in [2.05, 4.69) is 0 Å². The van der Waals surface area contributed by atoms with Crippen LogP contribution in [0.5, 0.6) is 0 Å². The van der Waals surface area contributed by atoms with Crippen LogP contribution in [0.3, 0.4) is 0 Å². The molecule has 2 N–H and O–H groups in total. The first-order valence-corrected chi connectivity index (χ1v) is 5.84. The molecule has 0 aliphatic rings. The molecule has 0 saturated heterocycles. The molecule has 0 aromatic heterocycles. The van der Waals surface area contributed by atoms with E-state index in [0.717, 1.165) is 0 Å². The van der Waals surface area contributed by atoms with Crippen LogP contribution in [-0.4, -0.2) is 22.5 Å². The van der Waals surface area contributed by atoms with Crippen molar-refractivity contribution in [3.8, 4) is 0 Å². The van der Waals surface area contributed by atoms with E-state index >= 15 is 0 Å². The van der Waals surface area contributed by atoms with E-state index in [9.17, 15) is 44.6 Å². The van der Waals surface area contributed by atoms with E-state index in [4.69, 9.17) is 5.11 Å². The van der Waals surface area contributed by atoms with E-state index in [1.54, 1.807) is 0 Å². The van der Waals surface area contributed by atoms with Crippen molar-refractivity contribution in [3.05, 3.63) is 34.9 Å². The minimum absolute atomic E-state index is 0. The van der Waals surface area contributed by atoms with Crippen LogP contribution >= 0.6 is 0 Å². The zero-order chi connectivity index (χ0) is 18.2. The summed E-state index contributed by atoms with van der Waals surface area (Å²) in [5.41, 5.74) is -4.58. The quantitative estimate of drug-likeness (QED) is 0.620. The van der Waals surface area contributed by atoms with E-state index < -0.39 is 53.8 Å². The second-order valence-electron chi connectivity index (χ2n) is 4.65. The Hall–Kier alpha value is -0.113. The van der Waals surface area contributed by atoms with E-state index in [-0.39, 0.29) is 59.9 Å². The Labute approximate surface area is 163 Å². The van der Waals surface area contributed by atoms with Gasteiger partial charge in [0.2, 0.25) is 0 Å². The molecule has 0 bridgehead atoms. The molecule has 1 aromatic carbocycles. The van der Waals surface area contributed by atoms with Gasteiger partial charge in [0, 0.05) is 48.2 Å². The van der Waals surface area contributed by atoms with Crippen LogP contribution < -0.4 is 0 Å². The number of aliphatic hydroxyl groups excluding tert-OH is 2. The van der Waals surface area contributed by atoms with Gasteiger partial charge in [-0.1, -0.05) is 0 Å². The molecule has 0 saturated carbocycles. The van der Waals surface area contributed by atoms with Gasteiger partial charge in [-0.05, 0) is 23.8 Å². The molecule has 0 amide bonds. The van der Waals surface area contributed by atoms with Crippen molar-refractivity contribution in [1.82, 2.24) is 0 Å². The van der Waals surface area contributed by atoms with Crippen LogP contribution in [-0.2, 0) is 12.4 Å². The summed E-state index contributed by atoms with van der Waals surface area (Å²) in [6.45, 7) is 0. The van der Waals surface area contributed by atoms with Crippen molar-refractivity contribution in [1.29, 1.82) is 0 Å². The zero-order valence-electron chi connectivity index (χ0n) is 11.4. The maximum absolute atomic E-state index is 12.6. The number of hydrogen-bond donors (Lipinski definition) is 2. The van der Waals surface area contributed by atoms with Gasteiger partial charge in [0.15, 0.2) is 6.10 Å². The first kappa shape index (κ1) is 23.9. The van der Waals surface area contributed by atoms with Crippen LogP contribution in [0.1, 0.15) is 29.2 Å². The maximum atomic E-state index is 12.6. The minimum Gasteiger partial charge on any atom is -0.388 e. The van der Waals surface area contributed by atoms with E-state index in [0.29, 0.717) is 0 Å². The second kappa shape index (κ2) is 8.06. The standard InChI is InChI=1S/C12H9F9O2.Ce/c13-10(14,15)6-1-5(2-7(3-6)11(16,17)18)8(22)4-9(23)12(19,20)21;/h1-3,8-9,22-23H,4H2;. The minimum atomic E-state index is -5.20. The normalized spacial score (nSPS) is 15.6. The molecule has 0 aliphatic carbocycles. The number of aliphatic hydroxyl groups is 2. The van der Waals surface area contributed by atoms with Gasteiger partial charge in [-0.2, -0.15) is 39.5 Å². The Morgan fingerprint density at radius 2 is 1.12 bits per heavy atom. The molecule has 2 unspecified atom stereocenters. The largest absolute Gasteiger partial charge is 0.416 e. The second-order valence-corrected chi connectivity index (χ2v) is 4.65. The molecule has 1 aromatic rings. The van der Waals surface area contributed by atoms with Crippen LogP contribution in [0.4, 0.5) is 39.5 Å². The van der Waals surface area contributed by atoms with Gasteiger partial charge in [0.05, 0.1) is 17.2 Å². The number of benzene rings is 1. The smallest absolute Gasteiger partial charge is 0.388 e. The maximum Gasteiger partial charge on any atom is 0.416 e. The van der Waals surface area contributed by atoms with Gasteiger partial charge in [-0.3, -0.25) is 0 Å². The predicted octanol–water partition coefficient (Wildman–Crippen LogP) is 4.07. The van der Waals surface area contributed by atoms with Gasteiger partial charge in [-0.15, -0.1) is 0 Å². The molecule has 2 atom stereocenters. The Morgan fingerprint density at radius 3 is 1.42 bits per heavy atom. The molecule has 0 spiro atoms. The first-order valence-electron chi connectivity index (χ1n) is 5.84. The van der Waals surface area contributed by atoms with Gasteiger partial charge in [0.1, 0.15) is 0 Å². The van der Waals surface area contributed by atoms with Crippen molar-refractivity contribution in [2.45, 2.75) is 37.2 Å². The van der Waals surface area contributed by atoms with E-state index in [1.807, 2.05) is 0 Å². The molecule has 1 rings (SSSR count). The molecular weight excluding hydrogens is 487 g/mol. The number of rotatable bonds is 3. The average Bonchev–Trinajstić information content (AvgIpc) is 2.34. The van der Waals surface area contributed by atoms with Crippen LogP contribution in [0.15, 0.2) is 18.2 Å². The topological polar surface area (TPSA) is 40.5 Å². The fourth-order valence-corrected chi connectivity index (χ4v) is 1.65. The van der Waals surface area contributed by atoms with Crippen molar-refractivity contribution in [2.75, 3.05) is 0 Å². The third kappa shape index (κ3) is 6.65. The summed E-state index contributed by atoms with van der Waals surface area (Å²) in [5.74, 6) is 0. The Balaban J connectivity index is 0.00000529. The third-order valence-corrected chi connectivity index (χ3v) is 2.82. The van der Waals surface area contributed by atoms with Gasteiger partial charge < -0.3 is 10.2 Å². The Kier molecular flexibility index (Phi) is 8.02. The number of halogens is 9. The zero-order valence-corrected chi connectivity index (χ0v) is 14.5. The molecule has 0 fully saturated rings. The summed E-state index contributed by atoms with van der Waals surface area (Å²) in [4.78, 5) is 0. The van der Waals surface area contributed by atoms with Gasteiger partial charge in [-0.25, -0.2) is 0 Å². The Bertz CT molecular complexity index is 519. The summed E-state index contributed by atoms with van der Waals surface area (Å²) in [6, 6.07) is -0.0254. The van der Waals surface area contributed by atoms with Crippen LogP contribution in [0.25, 0.3) is 0 Å². The Morgan fingerprint density at radius 1 is 0.750 bits per heavy atom. The number of hydrogen-bond acceptors (Lipinski definition) is 2. The predicted molar refractivity (Wildman–Crippen MR) is 58.1 cm³/mol. The number of alkyl halides is 9. The molecule has 12 heteroatoms. The van der Waals surface area contributed by atoms with E-state index in [1.165, 1.54) is 0 Å². The van der Waals surface area contributed by atoms with Gasteiger partial charge in [0.25, 0.3) is 0 Å². The molecule has 136 valence electrons. The summed E-state index contributed by atoms with van der Waals surface area (Å²) in [6.07, 6.45) is -22.5. The average molecular weight is 496 g/mol. The summed E-state index contributed by atoms with van der Waals surface area (Å²) in [5, 5.41) is 18.2. The molecular formula is C12H9CeF9O2. The summed E-state index contributed by atoms with van der Waals surface area (Å²) in [7, 11) is 0. The monoisotopic (exact) mass is 496 g/mol. The van der Waals surface area contributed by atoms with Gasteiger partial charge >= 0.3 is 18.5 Å². The van der Waals surface area contributed by atoms with Crippen LogP contribution in [0.2, 0.25) is 0 Å². The molecule has 0 heterocycles. The van der Waals surface area contributed by atoms with Crippen molar-refractivity contribution in [3.63, 3.8) is 0 Å². The SMILES string of the molecule is OC(CC(O)C(F)(F)F)c1cc(C(F)(F)F)cc(C(F)(F)F)c1.[Ce]. The molecule has 0 radical (unpaired) electrons. The van der Waals surface area contributed by atoms with Crippen molar-refractivity contribution in [2.24, 2.45) is 0 Å². The van der Waals surface area contributed by atoms with Crippen molar-refractivity contribution < 1.29 is 91.5 Å². The fourth-order valence-electron chi connectivity index (χ4n) is 1.65. The summed E-state index contributed by atoms with van der Waals surface area (Å²) < 4.78 is 112. The summed E-state index contributed by atoms with van der Waals surface area (Å²) >= 11 is 0.